The summed E-state index contributed by atoms with van der Waals surface area (Å²) >= 11 is 4.76. The van der Waals surface area contributed by atoms with Crippen molar-refractivity contribution in [3.63, 3.8) is 0 Å². The Labute approximate surface area is 88.7 Å². The summed E-state index contributed by atoms with van der Waals surface area (Å²) in [5.41, 5.74) is 2.59. The molecule has 0 heterocycles. The van der Waals surface area contributed by atoms with Crippen molar-refractivity contribution in [1.82, 2.24) is 0 Å². The molecule has 2 heteroatoms. The van der Waals surface area contributed by atoms with Crippen LogP contribution in [-0.2, 0) is 0 Å². The molecule has 0 nitrogen and oxygen atoms in total. The summed E-state index contributed by atoms with van der Waals surface area (Å²) in [6.45, 7) is 2.10. The number of rotatable bonds is 1. The Balaban J connectivity index is 2.96. The lowest BCUT2D eigenvalue weighted by Gasteiger charge is -2.00. The fraction of sp³-hybridized carbons (Fsp3) is 0.250. The normalized spacial score (nSPS) is 10.4. The standard InChI is InChI=1S/C8H7I2/c1-6-3-2-4-7(5-6)8(9)10/h2-3,5,8H,1H3. The maximum absolute atomic E-state index is 3.19. The number of hydrogen-bond donors (Lipinski definition) is 0. The van der Waals surface area contributed by atoms with Crippen LogP contribution in [0.25, 0.3) is 0 Å². The number of halogens is 2. The monoisotopic (exact) mass is 357 g/mol. The average Bonchev–Trinajstić information content (AvgIpc) is 1.88. The van der Waals surface area contributed by atoms with E-state index in [9.17, 15) is 0 Å². The molecule has 1 radical (unpaired) electrons. The Morgan fingerprint density at radius 2 is 2.20 bits per heavy atom. The summed E-state index contributed by atoms with van der Waals surface area (Å²) in [6.07, 6.45) is 0. The predicted molar refractivity (Wildman–Crippen MR) is 60.8 cm³/mol. The first-order valence-corrected chi connectivity index (χ1v) is 5.45. The van der Waals surface area contributed by atoms with Crippen LogP contribution >= 0.6 is 45.2 Å². The minimum absolute atomic E-state index is 0.537. The average molecular weight is 357 g/mol. The second-order valence-electron chi connectivity index (χ2n) is 2.12. The fourth-order valence-corrected chi connectivity index (χ4v) is 1.45. The molecule has 1 rings (SSSR count). The Kier molecular flexibility index (Phi) is 3.42. The third kappa shape index (κ3) is 2.38. The molecule has 1 aromatic carbocycles. The van der Waals surface area contributed by atoms with Crippen molar-refractivity contribution in [3.05, 3.63) is 35.4 Å². The van der Waals surface area contributed by atoms with Gasteiger partial charge < -0.3 is 0 Å². The van der Waals surface area contributed by atoms with Crippen LogP contribution in [0.4, 0.5) is 0 Å². The van der Waals surface area contributed by atoms with E-state index in [0.29, 0.717) is 1.93 Å². The van der Waals surface area contributed by atoms with E-state index in [1.807, 2.05) is 6.07 Å². The van der Waals surface area contributed by atoms with Gasteiger partial charge in [-0.3, -0.25) is 0 Å². The van der Waals surface area contributed by atoms with Gasteiger partial charge in [-0.25, -0.2) is 0 Å². The van der Waals surface area contributed by atoms with Crippen LogP contribution in [0.5, 0.6) is 0 Å². The molecule has 0 saturated carbocycles. The molecule has 0 fully saturated rings. The van der Waals surface area contributed by atoms with Gasteiger partial charge >= 0.3 is 0 Å². The fourth-order valence-electron chi connectivity index (χ4n) is 0.730. The van der Waals surface area contributed by atoms with Gasteiger partial charge in [-0.05, 0) is 18.6 Å². The van der Waals surface area contributed by atoms with Gasteiger partial charge in [-0.15, -0.1) is 0 Å². The molecular formula is C8H7I2. The van der Waals surface area contributed by atoms with Crippen molar-refractivity contribution in [1.29, 1.82) is 0 Å². The molecule has 0 aliphatic heterocycles. The van der Waals surface area contributed by atoms with E-state index in [-0.39, 0.29) is 0 Å². The van der Waals surface area contributed by atoms with E-state index in [2.05, 4.69) is 70.3 Å². The lowest BCUT2D eigenvalue weighted by Crippen LogP contribution is -1.80. The topological polar surface area (TPSA) is 0 Å². The van der Waals surface area contributed by atoms with Crippen LogP contribution in [0.3, 0.4) is 0 Å². The molecule has 0 aromatic heterocycles. The molecule has 0 atom stereocenters. The Bertz CT molecular complexity index is 218. The van der Waals surface area contributed by atoms with Gasteiger partial charge in [0.2, 0.25) is 0 Å². The molecule has 53 valence electrons. The molecule has 0 spiro atoms. The molecule has 0 amide bonds. The highest BCUT2D eigenvalue weighted by atomic mass is 127. The van der Waals surface area contributed by atoms with Crippen LogP contribution in [0, 0.1) is 13.0 Å². The predicted octanol–water partition coefficient (Wildman–Crippen LogP) is 3.66. The highest BCUT2D eigenvalue weighted by molar-refractivity contribution is 14.2. The summed E-state index contributed by atoms with van der Waals surface area (Å²) in [4.78, 5) is 0. The van der Waals surface area contributed by atoms with Gasteiger partial charge in [-0.1, -0.05) is 68.9 Å². The van der Waals surface area contributed by atoms with Crippen molar-refractivity contribution in [2.45, 2.75) is 8.86 Å². The number of alkyl halides is 2. The second-order valence-corrected chi connectivity index (χ2v) is 7.00. The molecule has 0 saturated heterocycles. The van der Waals surface area contributed by atoms with Crippen LogP contribution in [0.1, 0.15) is 13.1 Å². The highest BCUT2D eigenvalue weighted by Gasteiger charge is 2.00. The van der Waals surface area contributed by atoms with Crippen molar-refractivity contribution in [2.24, 2.45) is 0 Å². The minimum atomic E-state index is 0.537. The molecule has 0 unspecified atom stereocenters. The van der Waals surface area contributed by atoms with Gasteiger partial charge in [0, 0.05) is 0 Å². The molecule has 1 aromatic rings. The van der Waals surface area contributed by atoms with Crippen molar-refractivity contribution in [3.8, 4) is 0 Å². The lowest BCUT2D eigenvalue weighted by molar-refractivity contribution is 1.37. The third-order valence-corrected chi connectivity index (χ3v) is 2.56. The quantitative estimate of drug-likeness (QED) is 0.532. The Morgan fingerprint density at radius 3 is 2.60 bits per heavy atom. The van der Waals surface area contributed by atoms with E-state index in [1.54, 1.807) is 0 Å². The zero-order valence-electron chi connectivity index (χ0n) is 5.57. The maximum atomic E-state index is 3.19. The molecular weight excluding hydrogens is 350 g/mol. The first-order chi connectivity index (χ1) is 4.70. The molecule has 0 aliphatic rings. The number of hydrogen-bond acceptors (Lipinski definition) is 0. The Morgan fingerprint density at radius 1 is 1.50 bits per heavy atom. The van der Waals surface area contributed by atoms with Crippen LogP contribution in [0.2, 0.25) is 0 Å². The van der Waals surface area contributed by atoms with Gasteiger partial charge in [0.25, 0.3) is 0 Å². The molecule has 10 heavy (non-hydrogen) atoms. The third-order valence-electron chi connectivity index (χ3n) is 1.21. The van der Waals surface area contributed by atoms with E-state index in [0.717, 1.165) is 0 Å². The van der Waals surface area contributed by atoms with Crippen molar-refractivity contribution < 1.29 is 0 Å². The SMILES string of the molecule is Cc1cc[c]c(C(I)I)c1. The number of benzene rings is 1. The first-order valence-electron chi connectivity index (χ1n) is 2.96. The van der Waals surface area contributed by atoms with E-state index in [1.165, 1.54) is 11.1 Å². The van der Waals surface area contributed by atoms with Crippen molar-refractivity contribution >= 4 is 45.2 Å². The van der Waals surface area contributed by atoms with E-state index < -0.39 is 0 Å². The van der Waals surface area contributed by atoms with Crippen LogP contribution in [-0.4, -0.2) is 0 Å². The minimum Gasteiger partial charge on any atom is -0.0657 e. The Hall–Kier alpha value is 0.680. The summed E-state index contributed by atoms with van der Waals surface area (Å²) in [5.74, 6) is 0. The van der Waals surface area contributed by atoms with Crippen LogP contribution < -0.4 is 0 Å². The first kappa shape index (κ1) is 8.77. The zero-order valence-corrected chi connectivity index (χ0v) is 9.88. The van der Waals surface area contributed by atoms with E-state index in [4.69, 9.17) is 0 Å². The molecule has 0 bridgehead atoms. The summed E-state index contributed by atoms with van der Waals surface area (Å²) in [5, 5.41) is 0. The summed E-state index contributed by atoms with van der Waals surface area (Å²) < 4.78 is 0.537. The maximum Gasteiger partial charge on any atom is 0.0880 e. The second kappa shape index (κ2) is 3.90. The van der Waals surface area contributed by atoms with Gasteiger partial charge in [0.1, 0.15) is 0 Å². The van der Waals surface area contributed by atoms with Gasteiger partial charge in [0.15, 0.2) is 0 Å². The van der Waals surface area contributed by atoms with Gasteiger partial charge in [-0.2, -0.15) is 0 Å². The zero-order chi connectivity index (χ0) is 7.56. The van der Waals surface area contributed by atoms with Gasteiger partial charge in [0.05, 0.1) is 1.93 Å². The molecule has 0 aliphatic carbocycles. The highest BCUT2D eigenvalue weighted by Crippen LogP contribution is 2.29. The number of aryl methyl sites for hydroxylation is 1. The smallest absolute Gasteiger partial charge is 0.0657 e. The van der Waals surface area contributed by atoms with E-state index >= 15 is 0 Å². The van der Waals surface area contributed by atoms with Crippen molar-refractivity contribution in [2.75, 3.05) is 0 Å². The lowest BCUT2D eigenvalue weighted by atomic mass is 10.2. The molecule has 0 N–H and O–H groups in total. The summed E-state index contributed by atoms with van der Waals surface area (Å²) in [6, 6.07) is 9.41. The van der Waals surface area contributed by atoms with Crippen LogP contribution in [0.15, 0.2) is 18.2 Å². The largest absolute Gasteiger partial charge is 0.0880 e. The summed E-state index contributed by atoms with van der Waals surface area (Å²) in [7, 11) is 0.